The van der Waals surface area contributed by atoms with Gasteiger partial charge in [0.2, 0.25) is 5.88 Å². The van der Waals surface area contributed by atoms with Crippen LogP contribution < -0.4 is 10.1 Å². The number of hydrogen-bond acceptors (Lipinski definition) is 4. The minimum atomic E-state index is 0.0360. The van der Waals surface area contributed by atoms with Gasteiger partial charge in [0.05, 0.1) is 18.1 Å². The topological polar surface area (TPSA) is 72.3 Å². The van der Waals surface area contributed by atoms with Crippen molar-refractivity contribution in [3.63, 3.8) is 0 Å². The molecule has 5 rings (SSSR count). The quantitative estimate of drug-likeness (QED) is 0.762. The van der Waals surface area contributed by atoms with E-state index in [4.69, 9.17) is 9.72 Å². The van der Waals surface area contributed by atoms with Gasteiger partial charge in [-0.2, -0.15) is 0 Å². The zero-order valence-corrected chi connectivity index (χ0v) is 16.1. The third-order valence-electron chi connectivity index (χ3n) is 5.86. The molecule has 2 aliphatic heterocycles. The van der Waals surface area contributed by atoms with Crippen molar-refractivity contribution in [3.05, 3.63) is 42.4 Å². The van der Waals surface area contributed by atoms with E-state index in [1.807, 2.05) is 30.2 Å². The Balaban J connectivity index is 1.46. The van der Waals surface area contributed by atoms with E-state index in [2.05, 4.69) is 33.1 Å². The van der Waals surface area contributed by atoms with Gasteiger partial charge in [0.25, 0.3) is 0 Å². The van der Waals surface area contributed by atoms with Crippen LogP contribution >= 0.6 is 0 Å². The summed E-state index contributed by atoms with van der Waals surface area (Å²) < 4.78 is 7.48. The Labute approximate surface area is 163 Å². The number of urea groups is 1. The highest BCUT2D eigenvalue weighted by molar-refractivity contribution is 5.83. The van der Waals surface area contributed by atoms with E-state index in [-0.39, 0.29) is 6.03 Å². The standard InChI is InChI=1S/C21H23N5O2/c1-3-22-21(27)25-10-15-11-26-18-8-13(14-5-7-19(28-2)23-9-14)4-6-17(18)24-20(26)16(15)12-25/h4-9,15-16H,3,10-12H2,1-2H3,(H,22,27). The number of fused-ring (bicyclic) bond motifs is 5. The zero-order chi connectivity index (χ0) is 19.3. The lowest BCUT2D eigenvalue weighted by Crippen LogP contribution is -2.39. The number of ether oxygens (including phenoxy) is 1. The van der Waals surface area contributed by atoms with E-state index in [1.54, 1.807) is 7.11 Å². The predicted octanol–water partition coefficient (Wildman–Crippen LogP) is 2.87. The highest BCUT2D eigenvalue weighted by atomic mass is 16.5. The van der Waals surface area contributed by atoms with Crippen molar-refractivity contribution < 1.29 is 9.53 Å². The summed E-state index contributed by atoms with van der Waals surface area (Å²) in [7, 11) is 1.62. The molecule has 0 spiro atoms. The molecule has 28 heavy (non-hydrogen) atoms. The number of benzene rings is 1. The van der Waals surface area contributed by atoms with Crippen LogP contribution in [0.5, 0.6) is 5.88 Å². The van der Waals surface area contributed by atoms with Crippen LogP contribution in [0.25, 0.3) is 22.2 Å². The highest BCUT2D eigenvalue weighted by Gasteiger charge is 2.43. The van der Waals surface area contributed by atoms with Crippen molar-refractivity contribution in [2.24, 2.45) is 5.92 Å². The molecule has 2 atom stereocenters. The van der Waals surface area contributed by atoms with Gasteiger partial charge in [-0.3, -0.25) is 0 Å². The molecular weight excluding hydrogens is 354 g/mol. The van der Waals surface area contributed by atoms with Gasteiger partial charge in [-0.05, 0) is 30.7 Å². The van der Waals surface area contributed by atoms with Gasteiger partial charge in [-0.1, -0.05) is 6.07 Å². The summed E-state index contributed by atoms with van der Waals surface area (Å²) in [4.78, 5) is 23.3. The molecule has 2 aliphatic rings. The lowest BCUT2D eigenvalue weighted by Gasteiger charge is -2.17. The smallest absolute Gasteiger partial charge is 0.317 e. The molecule has 3 aromatic rings. The Morgan fingerprint density at radius 1 is 1.21 bits per heavy atom. The number of likely N-dealkylation sites (tertiary alicyclic amines) is 1. The highest BCUT2D eigenvalue weighted by Crippen LogP contribution is 2.41. The van der Waals surface area contributed by atoms with Crippen LogP contribution in [0.4, 0.5) is 4.79 Å². The van der Waals surface area contributed by atoms with E-state index < -0.39 is 0 Å². The number of rotatable bonds is 3. The van der Waals surface area contributed by atoms with Crippen molar-refractivity contribution in [2.75, 3.05) is 26.7 Å². The fraction of sp³-hybridized carbons (Fsp3) is 0.381. The number of aromatic nitrogens is 3. The minimum absolute atomic E-state index is 0.0360. The maximum atomic E-state index is 12.2. The maximum Gasteiger partial charge on any atom is 0.317 e. The second-order valence-electron chi connectivity index (χ2n) is 7.48. The van der Waals surface area contributed by atoms with Crippen LogP contribution in [0.2, 0.25) is 0 Å². The molecule has 0 aliphatic carbocycles. The maximum absolute atomic E-state index is 12.2. The van der Waals surface area contributed by atoms with Crippen LogP contribution in [0.3, 0.4) is 0 Å². The Hall–Kier alpha value is -3.09. The van der Waals surface area contributed by atoms with Crippen molar-refractivity contribution in [2.45, 2.75) is 19.4 Å². The number of hydrogen-bond donors (Lipinski definition) is 1. The number of methoxy groups -OCH3 is 1. The van der Waals surface area contributed by atoms with Crippen molar-refractivity contribution in [1.82, 2.24) is 24.8 Å². The second-order valence-corrected chi connectivity index (χ2v) is 7.48. The number of imidazole rings is 1. The van der Waals surface area contributed by atoms with Gasteiger partial charge in [0.1, 0.15) is 5.82 Å². The number of carbonyl (C=O) groups is 1. The van der Waals surface area contributed by atoms with E-state index in [0.29, 0.717) is 24.3 Å². The third kappa shape index (κ3) is 2.61. The number of amides is 2. The molecule has 1 aromatic carbocycles. The van der Waals surface area contributed by atoms with E-state index in [0.717, 1.165) is 47.6 Å². The van der Waals surface area contributed by atoms with Gasteiger partial charge in [-0.15, -0.1) is 0 Å². The molecule has 7 nitrogen and oxygen atoms in total. The minimum Gasteiger partial charge on any atom is -0.481 e. The van der Waals surface area contributed by atoms with E-state index >= 15 is 0 Å². The second kappa shape index (κ2) is 6.51. The first-order chi connectivity index (χ1) is 13.7. The summed E-state index contributed by atoms with van der Waals surface area (Å²) in [5.41, 5.74) is 4.34. The Morgan fingerprint density at radius 2 is 2.07 bits per heavy atom. The van der Waals surface area contributed by atoms with E-state index in [9.17, 15) is 4.79 Å². The molecule has 1 N–H and O–H groups in total. The summed E-state index contributed by atoms with van der Waals surface area (Å²) in [6.07, 6.45) is 1.83. The third-order valence-corrected chi connectivity index (χ3v) is 5.86. The summed E-state index contributed by atoms with van der Waals surface area (Å²) in [5.74, 6) is 2.48. The molecule has 7 heteroatoms. The summed E-state index contributed by atoms with van der Waals surface area (Å²) in [6, 6.07) is 10.3. The van der Waals surface area contributed by atoms with Crippen LogP contribution in [0, 0.1) is 5.92 Å². The summed E-state index contributed by atoms with van der Waals surface area (Å²) in [5, 5.41) is 2.91. The molecule has 1 fully saturated rings. The molecule has 0 radical (unpaired) electrons. The van der Waals surface area contributed by atoms with Crippen LogP contribution in [0.1, 0.15) is 18.7 Å². The van der Waals surface area contributed by atoms with Gasteiger partial charge in [-0.25, -0.2) is 14.8 Å². The molecule has 144 valence electrons. The molecule has 0 bridgehead atoms. The SMILES string of the molecule is CCNC(=O)N1CC2Cn3c(nc4ccc(-c5ccc(OC)nc5)cc43)C2C1. The van der Waals surface area contributed by atoms with Crippen molar-refractivity contribution in [3.8, 4) is 17.0 Å². The average Bonchev–Trinajstić information content (AvgIpc) is 3.37. The van der Waals surface area contributed by atoms with Gasteiger partial charge in [0, 0.05) is 55.8 Å². The monoisotopic (exact) mass is 377 g/mol. The average molecular weight is 377 g/mol. The van der Waals surface area contributed by atoms with Crippen LogP contribution in [0.15, 0.2) is 36.5 Å². The molecule has 2 unspecified atom stereocenters. The van der Waals surface area contributed by atoms with Crippen molar-refractivity contribution in [1.29, 1.82) is 0 Å². The largest absolute Gasteiger partial charge is 0.481 e. The zero-order valence-electron chi connectivity index (χ0n) is 16.1. The fourth-order valence-corrected chi connectivity index (χ4v) is 4.48. The lowest BCUT2D eigenvalue weighted by molar-refractivity contribution is 0.206. The van der Waals surface area contributed by atoms with Crippen LogP contribution in [-0.4, -0.2) is 52.2 Å². The summed E-state index contributed by atoms with van der Waals surface area (Å²) in [6.45, 7) is 5.06. The molecule has 0 saturated carbocycles. The fourth-order valence-electron chi connectivity index (χ4n) is 4.48. The Kier molecular flexibility index (Phi) is 3.96. The van der Waals surface area contributed by atoms with E-state index in [1.165, 1.54) is 0 Å². The van der Waals surface area contributed by atoms with Gasteiger partial charge in [0.15, 0.2) is 0 Å². The molecule has 2 aromatic heterocycles. The number of pyridine rings is 1. The number of nitrogens with one attached hydrogen (secondary N) is 1. The molecule has 4 heterocycles. The lowest BCUT2D eigenvalue weighted by atomic mass is 9.99. The first-order valence-electron chi connectivity index (χ1n) is 9.71. The van der Waals surface area contributed by atoms with Crippen LogP contribution in [-0.2, 0) is 6.54 Å². The first kappa shape index (κ1) is 17.0. The normalized spacial score (nSPS) is 20.3. The Bertz CT molecular complexity index is 1040. The summed E-state index contributed by atoms with van der Waals surface area (Å²) >= 11 is 0. The molecule has 1 saturated heterocycles. The number of carbonyl (C=O) groups excluding carboxylic acids is 1. The van der Waals surface area contributed by atoms with Gasteiger partial charge < -0.3 is 19.5 Å². The van der Waals surface area contributed by atoms with Crippen molar-refractivity contribution >= 4 is 17.1 Å². The molecular formula is C21H23N5O2. The molecule has 2 amide bonds. The Morgan fingerprint density at radius 3 is 2.82 bits per heavy atom. The first-order valence-corrected chi connectivity index (χ1v) is 9.71. The number of nitrogens with zero attached hydrogens (tertiary/aromatic N) is 4. The van der Waals surface area contributed by atoms with Gasteiger partial charge >= 0.3 is 6.03 Å². The predicted molar refractivity (Wildman–Crippen MR) is 106 cm³/mol.